The Morgan fingerprint density at radius 2 is 1.91 bits per heavy atom. The maximum atomic E-state index is 13.3. The highest BCUT2D eigenvalue weighted by atomic mass is 28.4. The largest absolute Gasteiger partial charge is 0.491 e. The van der Waals surface area contributed by atoms with Crippen molar-refractivity contribution < 1.29 is 23.5 Å². The Hall–Kier alpha value is -1.40. The van der Waals surface area contributed by atoms with Crippen LogP contribution < -0.4 is 4.74 Å². The van der Waals surface area contributed by atoms with Crippen molar-refractivity contribution in [2.45, 2.75) is 45.3 Å². The van der Waals surface area contributed by atoms with Gasteiger partial charge < -0.3 is 14.3 Å². The lowest BCUT2D eigenvalue weighted by molar-refractivity contribution is -0.136. The summed E-state index contributed by atoms with van der Waals surface area (Å²) in [6.45, 7) is 11.4. The number of hydrogen-bond acceptors (Lipinski definition) is 3. The predicted octanol–water partition coefficient (Wildman–Crippen LogP) is 3.85. The Kier molecular flexibility index (Phi) is 6.14. The molecule has 1 rings (SSSR count). The first kappa shape index (κ1) is 18.6. The van der Waals surface area contributed by atoms with Crippen molar-refractivity contribution in [3.8, 4) is 5.75 Å². The molecule has 0 aliphatic carbocycles. The lowest BCUT2D eigenvalue weighted by atomic mass is 10.1. The maximum absolute atomic E-state index is 13.3. The minimum Gasteiger partial charge on any atom is -0.491 e. The number of halogens is 1. The van der Waals surface area contributed by atoms with E-state index in [1.54, 1.807) is 0 Å². The van der Waals surface area contributed by atoms with Crippen LogP contribution in [-0.4, -0.2) is 32.6 Å². The van der Waals surface area contributed by atoms with Crippen LogP contribution in [0.3, 0.4) is 0 Å². The number of rotatable bonds is 7. The third kappa shape index (κ3) is 5.42. The van der Waals surface area contributed by atoms with Crippen molar-refractivity contribution in [2.24, 2.45) is 0 Å². The monoisotopic (exact) mass is 328 g/mol. The number of benzene rings is 1. The molecule has 0 aromatic heterocycles. The van der Waals surface area contributed by atoms with Crippen molar-refractivity contribution in [1.29, 1.82) is 0 Å². The molecule has 0 aliphatic rings. The Morgan fingerprint density at radius 3 is 2.45 bits per heavy atom. The smallest absolute Gasteiger partial charge is 0.307 e. The van der Waals surface area contributed by atoms with Crippen molar-refractivity contribution in [3.63, 3.8) is 0 Å². The highest BCUT2D eigenvalue weighted by Crippen LogP contribution is 2.36. The van der Waals surface area contributed by atoms with Crippen LogP contribution >= 0.6 is 0 Å². The zero-order valence-electron chi connectivity index (χ0n) is 13.9. The van der Waals surface area contributed by atoms with E-state index in [0.29, 0.717) is 12.2 Å². The van der Waals surface area contributed by atoms with Crippen LogP contribution in [0.5, 0.6) is 5.75 Å². The number of carboxylic acid groups (broad SMARTS) is 1. The highest BCUT2D eigenvalue weighted by molar-refractivity contribution is 6.74. The second kappa shape index (κ2) is 7.24. The van der Waals surface area contributed by atoms with E-state index in [1.165, 1.54) is 18.2 Å². The average molecular weight is 328 g/mol. The van der Waals surface area contributed by atoms with Crippen LogP contribution in [-0.2, 0) is 15.6 Å². The number of carboxylic acids is 1. The van der Waals surface area contributed by atoms with Gasteiger partial charge in [-0.05, 0) is 24.2 Å². The molecule has 0 aliphatic heterocycles. The molecule has 1 aromatic rings. The molecule has 22 heavy (non-hydrogen) atoms. The molecule has 0 amide bonds. The Morgan fingerprint density at radius 1 is 1.27 bits per heavy atom. The maximum Gasteiger partial charge on any atom is 0.307 e. The Bertz CT molecular complexity index is 523. The number of aliphatic carboxylic acids is 1. The molecule has 0 unspecified atom stereocenters. The van der Waals surface area contributed by atoms with E-state index >= 15 is 0 Å². The van der Waals surface area contributed by atoms with Gasteiger partial charge >= 0.3 is 5.97 Å². The molecular formula is C16H25FO4Si. The summed E-state index contributed by atoms with van der Waals surface area (Å²) in [7, 11) is -1.84. The molecule has 6 heteroatoms. The van der Waals surface area contributed by atoms with Crippen LogP contribution in [0, 0.1) is 5.82 Å². The van der Waals surface area contributed by atoms with Crippen molar-refractivity contribution in [2.75, 3.05) is 13.2 Å². The first-order chi connectivity index (χ1) is 10.0. The van der Waals surface area contributed by atoms with E-state index in [4.69, 9.17) is 14.3 Å². The lowest BCUT2D eigenvalue weighted by Gasteiger charge is -2.36. The van der Waals surface area contributed by atoms with E-state index in [2.05, 4.69) is 33.9 Å². The molecule has 124 valence electrons. The quantitative estimate of drug-likeness (QED) is 0.610. The summed E-state index contributed by atoms with van der Waals surface area (Å²) in [6, 6.07) is 3.88. The van der Waals surface area contributed by atoms with E-state index in [-0.39, 0.29) is 23.8 Å². The van der Waals surface area contributed by atoms with Crippen LogP contribution in [0.2, 0.25) is 18.1 Å². The summed E-state index contributed by atoms with van der Waals surface area (Å²) < 4.78 is 24.8. The van der Waals surface area contributed by atoms with Crippen molar-refractivity contribution in [3.05, 3.63) is 29.6 Å². The molecule has 1 aromatic carbocycles. The van der Waals surface area contributed by atoms with Crippen molar-refractivity contribution >= 4 is 14.3 Å². The Balaban J connectivity index is 2.61. The predicted molar refractivity (Wildman–Crippen MR) is 86.4 cm³/mol. The van der Waals surface area contributed by atoms with Gasteiger partial charge in [0.1, 0.15) is 18.2 Å². The molecule has 0 fully saturated rings. The molecule has 0 spiro atoms. The van der Waals surface area contributed by atoms with Gasteiger partial charge in [-0.25, -0.2) is 4.39 Å². The summed E-state index contributed by atoms with van der Waals surface area (Å²) in [4.78, 5) is 10.8. The fraction of sp³-hybridized carbons (Fsp3) is 0.562. The summed E-state index contributed by atoms with van der Waals surface area (Å²) in [5.74, 6) is -1.16. The topological polar surface area (TPSA) is 55.8 Å². The minimum absolute atomic E-state index is 0.111. The zero-order chi connectivity index (χ0) is 17.0. The molecule has 0 radical (unpaired) electrons. The summed E-state index contributed by atoms with van der Waals surface area (Å²) >= 11 is 0. The van der Waals surface area contributed by atoms with E-state index in [1.807, 2.05) is 0 Å². The molecule has 0 atom stereocenters. The van der Waals surface area contributed by atoms with Gasteiger partial charge in [-0.1, -0.05) is 26.8 Å². The summed E-state index contributed by atoms with van der Waals surface area (Å²) in [5.41, 5.74) is 0.459. The molecule has 0 saturated heterocycles. The van der Waals surface area contributed by atoms with Gasteiger partial charge in [-0.2, -0.15) is 0 Å². The average Bonchev–Trinajstić information content (AvgIpc) is 2.35. The Labute approximate surface area is 132 Å². The van der Waals surface area contributed by atoms with Gasteiger partial charge in [-0.15, -0.1) is 0 Å². The van der Waals surface area contributed by atoms with Gasteiger partial charge in [0.2, 0.25) is 0 Å². The summed E-state index contributed by atoms with van der Waals surface area (Å²) in [6.07, 6.45) is -0.196. The van der Waals surface area contributed by atoms with E-state index in [9.17, 15) is 9.18 Å². The van der Waals surface area contributed by atoms with Crippen LogP contribution in [0.15, 0.2) is 18.2 Å². The minimum atomic E-state index is -1.84. The molecule has 0 saturated carbocycles. The van der Waals surface area contributed by atoms with Crippen molar-refractivity contribution in [1.82, 2.24) is 0 Å². The zero-order valence-corrected chi connectivity index (χ0v) is 14.9. The van der Waals surface area contributed by atoms with Gasteiger partial charge in [0.05, 0.1) is 13.0 Å². The van der Waals surface area contributed by atoms with Crippen LogP contribution in [0.25, 0.3) is 0 Å². The first-order valence-corrected chi connectivity index (χ1v) is 10.2. The van der Waals surface area contributed by atoms with E-state index in [0.717, 1.165) is 0 Å². The second-order valence-corrected chi connectivity index (χ2v) is 11.6. The van der Waals surface area contributed by atoms with Gasteiger partial charge in [0.25, 0.3) is 0 Å². The highest BCUT2D eigenvalue weighted by Gasteiger charge is 2.36. The van der Waals surface area contributed by atoms with Crippen LogP contribution in [0.4, 0.5) is 4.39 Å². The van der Waals surface area contributed by atoms with Gasteiger partial charge in [0.15, 0.2) is 8.32 Å². The van der Waals surface area contributed by atoms with Gasteiger partial charge in [0, 0.05) is 11.6 Å². The lowest BCUT2D eigenvalue weighted by Crippen LogP contribution is -2.41. The third-order valence-corrected chi connectivity index (χ3v) is 8.52. The fourth-order valence-corrected chi connectivity index (χ4v) is 2.66. The third-order valence-electron chi connectivity index (χ3n) is 3.98. The van der Waals surface area contributed by atoms with E-state index < -0.39 is 20.1 Å². The molecule has 0 bridgehead atoms. The molecule has 1 N–H and O–H groups in total. The standard InChI is InChI=1S/C16H25FO4Si/c1-16(2,3)22(4,5)21-9-8-20-14-11-13(17)7-6-12(14)10-15(18)19/h6-7,11H,8-10H2,1-5H3,(H,18,19). The normalized spacial score (nSPS) is 12.3. The molecular weight excluding hydrogens is 303 g/mol. The number of carbonyl (C=O) groups is 1. The molecule has 0 heterocycles. The van der Waals surface area contributed by atoms with Crippen LogP contribution in [0.1, 0.15) is 26.3 Å². The molecule has 4 nitrogen and oxygen atoms in total. The SMILES string of the molecule is CC(C)(C)[Si](C)(C)OCCOc1cc(F)ccc1CC(=O)O. The first-order valence-electron chi connectivity index (χ1n) is 7.30. The van der Waals surface area contributed by atoms with Gasteiger partial charge in [-0.3, -0.25) is 4.79 Å². The second-order valence-electron chi connectivity index (χ2n) is 6.78. The summed E-state index contributed by atoms with van der Waals surface area (Å²) in [5, 5.41) is 8.97. The fourth-order valence-electron chi connectivity index (χ4n) is 1.64. The number of ether oxygens (including phenoxy) is 1. The number of hydrogen-bond donors (Lipinski definition) is 1.